The number of likely N-dealkylation sites (N-methyl/N-ethyl adjacent to an activating group) is 1. The van der Waals surface area contributed by atoms with Crippen LogP contribution >= 0.6 is 0 Å². The molecule has 13 nitrogen and oxygen atoms in total. The molecule has 13 heteroatoms. The predicted molar refractivity (Wildman–Crippen MR) is 115 cm³/mol. The Morgan fingerprint density at radius 3 is 2.41 bits per heavy atom. The van der Waals surface area contributed by atoms with Crippen molar-refractivity contribution in [2.24, 2.45) is 16.5 Å². The SMILES string of the molecule is CCNC(=O)[C@@H]1CCCN1C(=O)[C@H](CCCN=C(N)N)NC(=O)[C@H](CC(=O)O)NC(C)=O. The molecule has 180 valence electrons. The molecule has 0 aromatic rings. The molecule has 1 saturated heterocycles. The van der Waals surface area contributed by atoms with Gasteiger partial charge in [-0.3, -0.25) is 29.0 Å². The van der Waals surface area contributed by atoms with Crippen LogP contribution in [0.25, 0.3) is 0 Å². The van der Waals surface area contributed by atoms with Crippen molar-refractivity contribution in [2.75, 3.05) is 19.6 Å². The summed E-state index contributed by atoms with van der Waals surface area (Å²) in [5.74, 6) is -3.53. The third-order valence-corrected chi connectivity index (χ3v) is 4.82. The first-order valence-corrected chi connectivity index (χ1v) is 10.5. The van der Waals surface area contributed by atoms with E-state index < -0.39 is 48.2 Å². The lowest BCUT2D eigenvalue weighted by atomic mass is 10.1. The highest BCUT2D eigenvalue weighted by Gasteiger charge is 2.38. The number of aliphatic imine (C=N–C) groups is 1. The van der Waals surface area contributed by atoms with Gasteiger partial charge in [0.15, 0.2) is 5.96 Å². The van der Waals surface area contributed by atoms with E-state index in [2.05, 4.69) is 20.9 Å². The molecule has 1 aliphatic rings. The molecule has 0 radical (unpaired) electrons. The van der Waals surface area contributed by atoms with E-state index >= 15 is 0 Å². The van der Waals surface area contributed by atoms with Crippen LogP contribution in [-0.2, 0) is 24.0 Å². The van der Waals surface area contributed by atoms with Gasteiger partial charge in [0.1, 0.15) is 18.1 Å². The molecule has 1 fully saturated rings. The Labute approximate surface area is 186 Å². The number of likely N-dealkylation sites (tertiary alicyclic amines) is 1. The van der Waals surface area contributed by atoms with Crippen molar-refractivity contribution in [2.45, 2.75) is 64.1 Å². The van der Waals surface area contributed by atoms with Crippen LogP contribution < -0.4 is 27.4 Å². The second kappa shape index (κ2) is 13.1. The van der Waals surface area contributed by atoms with E-state index in [9.17, 15) is 24.0 Å². The van der Waals surface area contributed by atoms with E-state index in [1.54, 1.807) is 6.92 Å². The second-order valence-corrected chi connectivity index (χ2v) is 7.45. The summed E-state index contributed by atoms with van der Waals surface area (Å²) in [6.45, 7) is 3.91. The first kappa shape index (κ1) is 26.7. The topological polar surface area (TPSA) is 209 Å². The number of nitrogens with two attached hydrogens (primary N) is 2. The minimum absolute atomic E-state index is 0.111. The molecule has 0 saturated carbocycles. The van der Waals surface area contributed by atoms with E-state index in [-0.39, 0.29) is 24.8 Å². The maximum Gasteiger partial charge on any atom is 0.305 e. The molecule has 0 aromatic heterocycles. The standard InChI is InChI=1S/C19H33N7O6/c1-3-22-17(31)14-7-5-9-26(14)18(32)12(6-4-8-23-19(20)21)25-16(30)13(10-15(28)29)24-11(2)27/h12-14H,3-10H2,1-2H3,(H,22,31)(H,24,27)(H,25,30)(H,28,29)(H4,20,21,23)/t12-,13-,14-/m0/s1. The lowest BCUT2D eigenvalue weighted by Gasteiger charge is -2.29. The summed E-state index contributed by atoms with van der Waals surface area (Å²) in [5.41, 5.74) is 10.6. The molecule has 3 atom stereocenters. The van der Waals surface area contributed by atoms with Gasteiger partial charge < -0.3 is 37.4 Å². The Hall–Kier alpha value is -3.38. The molecule has 4 amide bonds. The van der Waals surface area contributed by atoms with E-state index in [0.717, 1.165) is 6.92 Å². The summed E-state index contributed by atoms with van der Waals surface area (Å²) in [5, 5.41) is 16.6. The quantitative estimate of drug-likeness (QED) is 0.106. The summed E-state index contributed by atoms with van der Waals surface area (Å²) in [6, 6.07) is -3.04. The molecule has 1 heterocycles. The number of hydrogen-bond donors (Lipinski definition) is 6. The highest BCUT2D eigenvalue weighted by atomic mass is 16.4. The van der Waals surface area contributed by atoms with Gasteiger partial charge in [0.05, 0.1) is 6.42 Å². The first-order valence-electron chi connectivity index (χ1n) is 10.5. The van der Waals surface area contributed by atoms with Crippen LogP contribution in [0, 0.1) is 0 Å². The summed E-state index contributed by atoms with van der Waals surface area (Å²) >= 11 is 0. The number of nitrogens with zero attached hydrogens (tertiary/aromatic N) is 2. The van der Waals surface area contributed by atoms with Crippen LogP contribution in [0.3, 0.4) is 0 Å². The van der Waals surface area contributed by atoms with Crippen LogP contribution in [0.1, 0.15) is 46.0 Å². The van der Waals surface area contributed by atoms with Crippen molar-refractivity contribution in [3.63, 3.8) is 0 Å². The zero-order valence-corrected chi connectivity index (χ0v) is 18.4. The van der Waals surface area contributed by atoms with Gasteiger partial charge in [-0.15, -0.1) is 0 Å². The van der Waals surface area contributed by atoms with Gasteiger partial charge in [0, 0.05) is 26.6 Å². The summed E-state index contributed by atoms with van der Waals surface area (Å²) in [4.78, 5) is 66.0. The Balaban J connectivity index is 3.01. The molecule has 0 bridgehead atoms. The van der Waals surface area contributed by atoms with Gasteiger partial charge in [-0.1, -0.05) is 0 Å². The Morgan fingerprint density at radius 1 is 1.16 bits per heavy atom. The molecule has 1 rings (SSSR count). The fraction of sp³-hybridized carbons (Fsp3) is 0.684. The van der Waals surface area contributed by atoms with Crippen LogP contribution in [0.4, 0.5) is 0 Å². The van der Waals surface area contributed by atoms with E-state index in [1.165, 1.54) is 4.90 Å². The number of carbonyl (C=O) groups is 5. The Morgan fingerprint density at radius 2 is 1.84 bits per heavy atom. The number of nitrogens with one attached hydrogen (secondary N) is 3. The van der Waals surface area contributed by atoms with Crippen molar-refractivity contribution in [3.05, 3.63) is 0 Å². The Bertz CT molecular complexity index is 722. The van der Waals surface area contributed by atoms with Gasteiger partial charge in [-0.05, 0) is 32.6 Å². The molecular weight excluding hydrogens is 422 g/mol. The van der Waals surface area contributed by atoms with Crippen LogP contribution in [0.2, 0.25) is 0 Å². The molecule has 32 heavy (non-hydrogen) atoms. The number of carboxylic acid groups (broad SMARTS) is 1. The Kier molecular flexibility index (Phi) is 10.9. The molecule has 0 spiro atoms. The van der Waals surface area contributed by atoms with Gasteiger partial charge in [-0.25, -0.2) is 0 Å². The monoisotopic (exact) mass is 455 g/mol. The van der Waals surface area contributed by atoms with E-state index in [0.29, 0.717) is 32.4 Å². The average Bonchev–Trinajstić information content (AvgIpc) is 3.18. The average molecular weight is 456 g/mol. The van der Waals surface area contributed by atoms with Crippen LogP contribution in [0.5, 0.6) is 0 Å². The largest absolute Gasteiger partial charge is 0.481 e. The smallest absolute Gasteiger partial charge is 0.305 e. The molecular formula is C19H33N7O6. The van der Waals surface area contributed by atoms with Crippen molar-refractivity contribution in [1.82, 2.24) is 20.9 Å². The zero-order valence-electron chi connectivity index (χ0n) is 18.4. The van der Waals surface area contributed by atoms with Crippen molar-refractivity contribution in [3.8, 4) is 0 Å². The zero-order chi connectivity index (χ0) is 24.3. The summed E-state index contributed by atoms with van der Waals surface area (Å²) < 4.78 is 0. The molecule has 0 unspecified atom stereocenters. The fourth-order valence-corrected chi connectivity index (χ4v) is 3.46. The minimum Gasteiger partial charge on any atom is -0.481 e. The normalized spacial score (nSPS) is 17.1. The minimum atomic E-state index is -1.35. The molecule has 1 aliphatic heterocycles. The highest BCUT2D eigenvalue weighted by Crippen LogP contribution is 2.20. The number of guanidine groups is 1. The van der Waals surface area contributed by atoms with Crippen LogP contribution in [-0.4, -0.2) is 83.3 Å². The number of carboxylic acids is 1. The summed E-state index contributed by atoms with van der Waals surface area (Å²) in [6.07, 6.45) is 0.985. The molecule has 0 aliphatic carbocycles. The number of rotatable bonds is 12. The number of carbonyl (C=O) groups excluding carboxylic acids is 4. The number of amides is 4. The first-order chi connectivity index (χ1) is 15.1. The maximum atomic E-state index is 13.2. The third-order valence-electron chi connectivity index (χ3n) is 4.82. The maximum absolute atomic E-state index is 13.2. The summed E-state index contributed by atoms with van der Waals surface area (Å²) in [7, 11) is 0. The van der Waals surface area contributed by atoms with Crippen molar-refractivity contribution >= 4 is 35.6 Å². The predicted octanol–water partition coefficient (Wildman–Crippen LogP) is -2.37. The van der Waals surface area contributed by atoms with Crippen LogP contribution in [0.15, 0.2) is 4.99 Å². The highest BCUT2D eigenvalue weighted by molar-refractivity contribution is 5.95. The third kappa shape index (κ3) is 8.78. The van der Waals surface area contributed by atoms with Gasteiger partial charge in [0.2, 0.25) is 23.6 Å². The molecule has 8 N–H and O–H groups in total. The second-order valence-electron chi connectivity index (χ2n) is 7.45. The van der Waals surface area contributed by atoms with E-state index in [1.807, 2.05) is 0 Å². The number of aliphatic carboxylic acids is 1. The van der Waals surface area contributed by atoms with Gasteiger partial charge in [0.25, 0.3) is 0 Å². The van der Waals surface area contributed by atoms with Crippen molar-refractivity contribution in [1.29, 1.82) is 0 Å². The van der Waals surface area contributed by atoms with E-state index in [4.69, 9.17) is 16.6 Å². The van der Waals surface area contributed by atoms with Gasteiger partial charge in [-0.2, -0.15) is 0 Å². The van der Waals surface area contributed by atoms with Gasteiger partial charge >= 0.3 is 5.97 Å². The lowest BCUT2D eigenvalue weighted by Crippen LogP contribution is -2.56. The van der Waals surface area contributed by atoms with Crippen molar-refractivity contribution < 1.29 is 29.1 Å². The molecule has 0 aromatic carbocycles. The number of hydrogen-bond acceptors (Lipinski definition) is 6. The fourth-order valence-electron chi connectivity index (χ4n) is 3.46. The lowest BCUT2D eigenvalue weighted by molar-refractivity contribution is -0.143.